The fourth-order valence-electron chi connectivity index (χ4n) is 3.97. The zero-order valence-corrected chi connectivity index (χ0v) is 16.5. The molecule has 1 amide bonds. The Kier molecular flexibility index (Phi) is 4.65. The number of alkyl halides is 2. The monoisotopic (exact) mass is 434 g/mol. The van der Waals surface area contributed by atoms with Crippen molar-refractivity contribution in [3.05, 3.63) is 35.7 Å². The molecule has 0 saturated carbocycles. The molecule has 0 spiro atoms. The highest BCUT2D eigenvalue weighted by molar-refractivity contribution is 6.28. The number of carbonyl (C=O) groups is 1. The maximum atomic E-state index is 12.5. The highest BCUT2D eigenvalue weighted by atomic mass is 35.5. The Balaban J connectivity index is 1.45. The van der Waals surface area contributed by atoms with Crippen LogP contribution < -0.4 is 9.64 Å². The lowest BCUT2D eigenvalue weighted by atomic mass is 10.1. The molecule has 1 aromatic carbocycles. The van der Waals surface area contributed by atoms with Gasteiger partial charge in [0.25, 0.3) is 0 Å². The van der Waals surface area contributed by atoms with Crippen molar-refractivity contribution in [1.29, 1.82) is 0 Å². The molecule has 0 unspecified atom stereocenters. The first-order valence-corrected chi connectivity index (χ1v) is 9.88. The van der Waals surface area contributed by atoms with Crippen LogP contribution in [0.15, 0.2) is 30.5 Å². The molecule has 2 aromatic heterocycles. The highest BCUT2D eigenvalue weighted by Gasteiger charge is 2.38. The minimum Gasteiger partial charge on any atom is -0.435 e. The van der Waals surface area contributed by atoms with Gasteiger partial charge in [0.15, 0.2) is 5.65 Å². The number of ether oxygens (including phenoxy) is 1. The summed E-state index contributed by atoms with van der Waals surface area (Å²) in [6.07, 6.45) is 3.14. The Morgan fingerprint density at radius 3 is 2.80 bits per heavy atom. The molecular formula is C19H17ClF2N6O2. The zero-order valence-electron chi connectivity index (χ0n) is 15.7. The average molecular weight is 435 g/mol. The second-order valence-electron chi connectivity index (χ2n) is 7.24. The van der Waals surface area contributed by atoms with Crippen molar-refractivity contribution in [3.8, 4) is 11.4 Å². The number of hydrogen-bond acceptors (Lipinski definition) is 6. The second-order valence-corrected chi connectivity index (χ2v) is 7.57. The average Bonchev–Trinajstić information content (AvgIpc) is 3.27. The van der Waals surface area contributed by atoms with Gasteiger partial charge in [0.1, 0.15) is 11.6 Å². The minimum atomic E-state index is -2.92. The molecule has 11 heteroatoms. The lowest BCUT2D eigenvalue weighted by Gasteiger charge is -2.44. The minimum absolute atomic E-state index is 0.0207. The Labute approximate surface area is 175 Å². The van der Waals surface area contributed by atoms with Crippen molar-refractivity contribution >= 4 is 34.4 Å². The molecule has 0 aliphatic carbocycles. The molecule has 2 aliphatic heterocycles. The third kappa shape index (κ3) is 3.30. The number of likely N-dealkylation sites (tertiary alicyclic amines) is 1. The predicted octanol–water partition coefficient (Wildman–Crippen LogP) is 2.88. The van der Waals surface area contributed by atoms with Crippen LogP contribution in [0.1, 0.15) is 12.8 Å². The molecule has 0 bridgehead atoms. The van der Waals surface area contributed by atoms with E-state index in [4.69, 9.17) is 11.6 Å². The first kappa shape index (κ1) is 19.0. The number of carbonyl (C=O) groups excluding carboxylic acids is 1. The van der Waals surface area contributed by atoms with E-state index in [1.54, 1.807) is 18.3 Å². The van der Waals surface area contributed by atoms with Crippen LogP contribution in [0.5, 0.6) is 5.75 Å². The Morgan fingerprint density at radius 2 is 2.07 bits per heavy atom. The van der Waals surface area contributed by atoms with Crippen LogP contribution in [0.25, 0.3) is 16.7 Å². The number of aromatic nitrogens is 4. The SMILES string of the molecule is O=C1CCCN1C1CN(c2nc(Cl)nc3c2cnn3-c2cccc(OC(F)F)c2)C1. The molecule has 0 N–H and O–H groups in total. The molecule has 5 rings (SSSR count). The fourth-order valence-corrected chi connectivity index (χ4v) is 4.13. The van der Waals surface area contributed by atoms with E-state index in [0.29, 0.717) is 42.0 Å². The number of amides is 1. The molecule has 0 radical (unpaired) electrons. The van der Waals surface area contributed by atoms with Gasteiger partial charge in [-0.1, -0.05) is 6.07 Å². The van der Waals surface area contributed by atoms with E-state index in [-0.39, 0.29) is 23.0 Å². The molecule has 156 valence electrons. The van der Waals surface area contributed by atoms with Crippen LogP contribution in [-0.2, 0) is 4.79 Å². The van der Waals surface area contributed by atoms with E-state index < -0.39 is 6.61 Å². The summed E-state index contributed by atoms with van der Waals surface area (Å²) < 4.78 is 31.1. The summed E-state index contributed by atoms with van der Waals surface area (Å²) in [5.41, 5.74) is 0.966. The Bertz CT molecular complexity index is 1120. The van der Waals surface area contributed by atoms with E-state index in [2.05, 4.69) is 19.8 Å². The number of benzene rings is 1. The standard InChI is InChI=1S/C19H17ClF2N6O2/c20-18-24-16(26-9-12(10-26)27-6-2-5-15(27)29)14-8-23-28(17(14)25-18)11-3-1-4-13(7-11)30-19(21)22/h1,3-4,7-8,12,19H,2,5-6,9-10H2. The van der Waals surface area contributed by atoms with E-state index in [0.717, 1.165) is 13.0 Å². The first-order valence-electron chi connectivity index (χ1n) is 9.50. The van der Waals surface area contributed by atoms with E-state index in [9.17, 15) is 13.6 Å². The molecule has 30 heavy (non-hydrogen) atoms. The van der Waals surface area contributed by atoms with Gasteiger partial charge in [0.05, 0.1) is 23.3 Å². The van der Waals surface area contributed by atoms with E-state index in [1.165, 1.54) is 16.8 Å². The van der Waals surface area contributed by atoms with Gasteiger partial charge < -0.3 is 14.5 Å². The fraction of sp³-hybridized carbons (Fsp3) is 0.368. The van der Waals surface area contributed by atoms with Gasteiger partial charge in [-0.15, -0.1) is 0 Å². The number of rotatable bonds is 5. The maximum Gasteiger partial charge on any atom is 0.387 e. The van der Waals surface area contributed by atoms with Crippen LogP contribution in [0.3, 0.4) is 0 Å². The van der Waals surface area contributed by atoms with Crippen molar-refractivity contribution in [2.24, 2.45) is 0 Å². The summed E-state index contributed by atoms with van der Waals surface area (Å²) in [6.45, 7) is -0.791. The van der Waals surface area contributed by atoms with Gasteiger partial charge in [-0.25, -0.2) is 4.68 Å². The molecule has 4 heterocycles. The summed E-state index contributed by atoms with van der Waals surface area (Å²) in [7, 11) is 0. The van der Waals surface area contributed by atoms with Crippen LogP contribution in [0.2, 0.25) is 5.28 Å². The predicted molar refractivity (Wildman–Crippen MR) is 105 cm³/mol. The van der Waals surface area contributed by atoms with Crippen LogP contribution in [-0.4, -0.2) is 62.8 Å². The van der Waals surface area contributed by atoms with Gasteiger partial charge in [-0.05, 0) is 30.2 Å². The van der Waals surface area contributed by atoms with Gasteiger partial charge in [-0.3, -0.25) is 4.79 Å². The molecule has 0 atom stereocenters. The zero-order chi connectivity index (χ0) is 20.8. The second kappa shape index (κ2) is 7.35. The summed E-state index contributed by atoms with van der Waals surface area (Å²) >= 11 is 6.17. The topological polar surface area (TPSA) is 76.4 Å². The summed E-state index contributed by atoms with van der Waals surface area (Å²) in [4.78, 5) is 24.6. The molecule has 2 fully saturated rings. The maximum absolute atomic E-state index is 12.5. The highest BCUT2D eigenvalue weighted by Crippen LogP contribution is 2.32. The number of fused-ring (bicyclic) bond motifs is 1. The molecule has 2 saturated heterocycles. The quantitative estimate of drug-likeness (QED) is 0.575. The number of halogens is 3. The van der Waals surface area contributed by atoms with Gasteiger partial charge in [-0.2, -0.15) is 23.8 Å². The number of nitrogens with zero attached hydrogens (tertiary/aromatic N) is 6. The first-order chi connectivity index (χ1) is 14.5. The normalized spacial score (nSPS) is 17.3. The van der Waals surface area contributed by atoms with Crippen molar-refractivity contribution in [1.82, 2.24) is 24.6 Å². The summed E-state index contributed by atoms with van der Waals surface area (Å²) in [6, 6.07) is 6.36. The lowest BCUT2D eigenvalue weighted by Crippen LogP contribution is -2.60. The Morgan fingerprint density at radius 1 is 1.23 bits per heavy atom. The smallest absolute Gasteiger partial charge is 0.387 e. The van der Waals surface area contributed by atoms with Gasteiger partial charge >= 0.3 is 6.61 Å². The van der Waals surface area contributed by atoms with Crippen molar-refractivity contribution < 1.29 is 18.3 Å². The van der Waals surface area contributed by atoms with Crippen molar-refractivity contribution in [2.75, 3.05) is 24.5 Å². The van der Waals surface area contributed by atoms with Gasteiger partial charge in [0, 0.05) is 32.1 Å². The van der Waals surface area contributed by atoms with Crippen molar-refractivity contribution in [3.63, 3.8) is 0 Å². The van der Waals surface area contributed by atoms with Crippen LogP contribution in [0, 0.1) is 0 Å². The van der Waals surface area contributed by atoms with Gasteiger partial charge in [0.2, 0.25) is 11.2 Å². The third-order valence-corrected chi connectivity index (χ3v) is 5.55. The number of hydrogen-bond donors (Lipinski definition) is 0. The molecular weight excluding hydrogens is 418 g/mol. The van der Waals surface area contributed by atoms with E-state index in [1.807, 2.05) is 9.80 Å². The molecule has 3 aromatic rings. The lowest BCUT2D eigenvalue weighted by molar-refractivity contribution is -0.130. The van der Waals surface area contributed by atoms with Crippen molar-refractivity contribution in [2.45, 2.75) is 25.5 Å². The molecule has 2 aliphatic rings. The summed E-state index contributed by atoms with van der Waals surface area (Å²) in [5.74, 6) is 0.857. The van der Waals surface area contributed by atoms with Crippen LogP contribution in [0.4, 0.5) is 14.6 Å². The third-order valence-electron chi connectivity index (χ3n) is 5.38. The summed E-state index contributed by atoms with van der Waals surface area (Å²) in [5, 5.41) is 5.10. The Hall–Kier alpha value is -3.01. The largest absolute Gasteiger partial charge is 0.435 e. The molecule has 8 nitrogen and oxygen atoms in total. The van der Waals surface area contributed by atoms with Crippen LogP contribution >= 0.6 is 11.6 Å². The van der Waals surface area contributed by atoms with E-state index >= 15 is 0 Å². The number of anilines is 1.